The largest absolute Gasteiger partial charge is 0.493 e. The number of hydrogen-bond acceptors (Lipinski definition) is 3. The molecule has 2 rings (SSSR count). The number of halogens is 1. The van der Waals surface area contributed by atoms with E-state index in [4.69, 9.17) is 22.1 Å². The molecule has 0 amide bonds. The summed E-state index contributed by atoms with van der Waals surface area (Å²) in [7, 11) is 0. The molecule has 84 valence electrons. The third kappa shape index (κ3) is 2.43. The molecule has 1 aromatic carbocycles. The fraction of sp³-hybridized carbons (Fsp3) is 0.250. The van der Waals surface area contributed by atoms with Crippen molar-refractivity contribution in [1.82, 2.24) is 4.98 Å². The number of fused-ring (bicyclic) bond motifs is 1. The average molecular weight is 237 g/mol. The quantitative estimate of drug-likeness (QED) is 0.831. The van der Waals surface area contributed by atoms with Crippen LogP contribution < -0.4 is 10.5 Å². The maximum absolute atomic E-state index is 5.90. The first-order valence-electron chi connectivity index (χ1n) is 5.18. The number of nitrogens with two attached hydrogens (primary N) is 1. The van der Waals surface area contributed by atoms with Crippen LogP contribution in [0.5, 0.6) is 5.75 Å². The van der Waals surface area contributed by atoms with E-state index in [2.05, 4.69) is 4.98 Å². The number of ether oxygens (including phenoxy) is 1. The molecule has 3 nitrogen and oxygen atoms in total. The van der Waals surface area contributed by atoms with Crippen LogP contribution in [0.3, 0.4) is 0 Å². The van der Waals surface area contributed by atoms with Crippen LogP contribution in [0.15, 0.2) is 30.5 Å². The molecule has 0 unspecified atom stereocenters. The van der Waals surface area contributed by atoms with Gasteiger partial charge in [0.05, 0.1) is 12.1 Å². The Balaban J connectivity index is 2.30. The minimum atomic E-state index is 0.623. The molecule has 0 saturated heterocycles. The van der Waals surface area contributed by atoms with E-state index in [1.807, 2.05) is 24.3 Å². The van der Waals surface area contributed by atoms with E-state index in [0.717, 1.165) is 23.1 Å². The van der Waals surface area contributed by atoms with Gasteiger partial charge in [0, 0.05) is 16.6 Å². The highest BCUT2D eigenvalue weighted by molar-refractivity contribution is 6.31. The van der Waals surface area contributed by atoms with Crippen LogP contribution in [0.2, 0.25) is 5.02 Å². The van der Waals surface area contributed by atoms with Gasteiger partial charge in [0.25, 0.3) is 0 Å². The Hall–Kier alpha value is -1.32. The molecule has 0 aliphatic rings. The Labute approximate surface area is 99.2 Å². The minimum absolute atomic E-state index is 0.623. The predicted octanol–water partition coefficient (Wildman–Crippen LogP) is 2.62. The highest BCUT2D eigenvalue weighted by atomic mass is 35.5. The summed E-state index contributed by atoms with van der Waals surface area (Å²) in [5, 5.41) is 1.66. The van der Waals surface area contributed by atoms with Gasteiger partial charge in [0.15, 0.2) is 0 Å². The molecule has 0 saturated carbocycles. The van der Waals surface area contributed by atoms with Gasteiger partial charge in [-0.25, -0.2) is 0 Å². The van der Waals surface area contributed by atoms with Crippen LogP contribution in [0.25, 0.3) is 10.9 Å². The second-order valence-corrected chi connectivity index (χ2v) is 3.90. The fourth-order valence-electron chi connectivity index (χ4n) is 1.49. The van der Waals surface area contributed by atoms with Crippen LogP contribution in [-0.4, -0.2) is 18.1 Å². The molecule has 2 aromatic rings. The van der Waals surface area contributed by atoms with Crippen LogP contribution in [0.1, 0.15) is 6.42 Å². The maximum Gasteiger partial charge on any atom is 0.130 e. The molecule has 0 aliphatic carbocycles. The topological polar surface area (TPSA) is 48.1 Å². The second-order valence-electron chi connectivity index (χ2n) is 3.46. The van der Waals surface area contributed by atoms with Gasteiger partial charge in [-0.05, 0) is 37.2 Å². The van der Waals surface area contributed by atoms with E-state index in [9.17, 15) is 0 Å². The number of rotatable bonds is 4. The van der Waals surface area contributed by atoms with E-state index in [-0.39, 0.29) is 0 Å². The molecule has 0 bridgehead atoms. The van der Waals surface area contributed by atoms with Gasteiger partial charge in [0.2, 0.25) is 0 Å². The van der Waals surface area contributed by atoms with Gasteiger partial charge < -0.3 is 10.5 Å². The van der Waals surface area contributed by atoms with Crippen LogP contribution in [0, 0.1) is 0 Å². The van der Waals surface area contributed by atoms with E-state index in [1.54, 1.807) is 6.20 Å². The van der Waals surface area contributed by atoms with Gasteiger partial charge in [-0.2, -0.15) is 0 Å². The van der Waals surface area contributed by atoms with E-state index >= 15 is 0 Å². The van der Waals surface area contributed by atoms with Crippen molar-refractivity contribution >= 4 is 22.5 Å². The monoisotopic (exact) mass is 236 g/mol. The summed E-state index contributed by atoms with van der Waals surface area (Å²) in [5.74, 6) is 0.829. The van der Waals surface area contributed by atoms with Crippen molar-refractivity contribution in [3.05, 3.63) is 35.5 Å². The number of benzene rings is 1. The third-order valence-electron chi connectivity index (χ3n) is 2.27. The molecule has 1 heterocycles. The first kappa shape index (κ1) is 11.2. The van der Waals surface area contributed by atoms with Crippen LogP contribution in [0.4, 0.5) is 0 Å². The summed E-state index contributed by atoms with van der Waals surface area (Å²) in [5.41, 5.74) is 6.26. The Morgan fingerprint density at radius 3 is 3.00 bits per heavy atom. The Bertz CT molecular complexity index is 487. The predicted molar refractivity (Wildman–Crippen MR) is 65.9 cm³/mol. The first-order chi connectivity index (χ1) is 7.81. The summed E-state index contributed by atoms with van der Waals surface area (Å²) in [6, 6.07) is 7.43. The number of hydrogen-bond donors (Lipinski definition) is 1. The smallest absolute Gasteiger partial charge is 0.130 e. The Kier molecular flexibility index (Phi) is 3.59. The molecule has 0 aliphatic heterocycles. The van der Waals surface area contributed by atoms with Crippen molar-refractivity contribution in [2.75, 3.05) is 13.2 Å². The zero-order valence-corrected chi connectivity index (χ0v) is 9.57. The van der Waals surface area contributed by atoms with E-state index in [1.165, 1.54) is 0 Å². The lowest BCUT2D eigenvalue weighted by Gasteiger charge is -2.08. The van der Waals surface area contributed by atoms with Crippen molar-refractivity contribution in [1.29, 1.82) is 0 Å². The molecular formula is C12H13ClN2O. The summed E-state index contributed by atoms with van der Waals surface area (Å²) >= 11 is 5.90. The van der Waals surface area contributed by atoms with Gasteiger partial charge >= 0.3 is 0 Å². The standard InChI is InChI=1S/C12H13ClN2O/c13-9-2-3-10-11(8-9)15-6-4-12(10)16-7-1-5-14/h2-4,6,8H,1,5,7,14H2. The van der Waals surface area contributed by atoms with Gasteiger partial charge in [-0.1, -0.05) is 11.6 Å². The van der Waals surface area contributed by atoms with Crippen molar-refractivity contribution in [2.24, 2.45) is 5.73 Å². The highest BCUT2D eigenvalue weighted by Crippen LogP contribution is 2.26. The second kappa shape index (κ2) is 5.14. The molecule has 4 heteroatoms. The fourth-order valence-corrected chi connectivity index (χ4v) is 1.65. The van der Waals surface area contributed by atoms with Crippen molar-refractivity contribution in [3.63, 3.8) is 0 Å². The van der Waals surface area contributed by atoms with Crippen LogP contribution in [-0.2, 0) is 0 Å². The lowest BCUT2D eigenvalue weighted by Crippen LogP contribution is -2.06. The molecule has 16 heavy (non-hydrogen) atoms. The third-order valence-corrected chi connectivity index (χ3v) is 2.51. The molecule has 0 atom stereocenters. The molecule has 2 N–H and O–H groups in total. The lowest BCUT2D eigenvalue weighted by molar-refractivity contribution is 0.317. The molecule has 0 spiro atoms. The van der Waals surface area contributed by atoms with E-state index in [0.29, 0.717) is 18.2 Å². The number of pyridine rings is 1. The molecular weight excluding hydrogens is 224 g/mol. The summed E-state index contributed by atoms with van der Waals surface area (Å²) in [6.45, 7) is 1.26. The SMILES string of the molecule is NCCCOc1ccnc2cc(Cl)ccc12. The number of nitrogens with zero attached hydrogens (tertiary/aromatic N) is 1. The van der Waals surface area contributed by atoms with Gasteiger partial charge in [0.1, 0.15) is 5.75 Å². The van der Waals surface area contributed by atoms with Crippen molar-refractivity contribution in [2.45, 2.75) is 6.42 Å². The van der Waals surface area contributed by atoms with Crippen molar-refractivity contribution in [3.8, 4) is 5.75 Å². The van der Waals surface area contributed by atoms with Crippen LogP contribution >= 0.6 is 11.6 Å². The molecule has 0 fully saturated rings. The minimum Gasteiger partial charge on any atom is -0.493 e. The van der Waals surface area contributed by atoms with Gasteiger partial charge in [-0.3, -0.25) is 4.98 Å². The normalized spacial score (nSPS) is 10.6. The average Bonchev–Trinajstić information content (AvgIpc) is 2.29. The zero-order chi connectivity index (χ0) is 11.4. The Morgan fingerprint density at radius 1 is 1.31 bits per heavy atom. The summed E-state index contributed by atoms with van der Waals surface area (Å²) < 4.78 is 5.64. The summed E-state index contributed by atoms with van der Waals surface area (Å²) in [6.07, 6.45) is 2.56. The van der Waals surface area contributed by atoms with Gasteiger partial charge in [-0.15, -0.1) is 0 Å². The summed E-state index contributed by atoms with van der Waals surface area (Å²) in [4.78, 5) is 4.24. The zero-order valence-electron chi connectivity index (χ0n) is 8.82. The first-order valence-corrected chi connectivity index (χ1v) is 5.56. The highest BCUT2D eigenvalue weighted by Gasteiger charge is 2.03. The maximum atomic E-state index is 5.90. The van der Waals surface area contributed by atoms with E-state index < -0.39 is 0 Å². The lowest BCUT2D eigenvalue weighted by atomic mass is 10.2. The number of aromatic nitrogens is 1. The Morgan fingerprint density at radius 2 is 2.19 bits per heavy atom. The molecule has 0 radical (unpaired) electrons. The molecule has 1 aromatic heterocycles. The van der Waals surface area contributed by atoms with Crippen molar-refractivity contribution < 1.29 is 4.74 Å².